The fourth-order valence-electron chi connectivity index (χ4n) is 3.22. The second-order valence-electron chi connectivity index (χ2n) is 7.59. The molecule has 0 fully saturated rings. The summed E-state index contributed by atoms with van der Waals surface area (Å²) in [7, 11) is -1.91. The summed E-state index contributed by atoms with van der Waals surface area (Å²) < 4.78 is 31.2. The summed E-state index contributed by atoms with van der Waals surface area (Å²) >= 11 is 12.0. The number of amides is 1. The Morgan fingerprint density at radius 3 is 2.48 bits per heavy atom. The summed E-state index contributed by atoms with van der Waals surface area (Å²) in [5.74, 6) is 0.531. The van der Waals surface area contributed by atoms with Crippen LogP contribution in [-0.4, -0.2) is 49.2 Å². The van der Waals surface area contributed by atoms with Crippen LogP contribution in [0.2, 0.25) is 10.0 Å². The Bertz CT molecular complexity index is 1230. The van der Waals surface area contributed by atoms with Crippen LogP contribution in [-0.2, 0) is 21.4 Å². The molecule has 176 valence electrons. The van der Waals surface area contributed by atoms with E-state index in [-0.39, 0.29) is 25.4 Å². The van der Waals surface area contributed by atoms with Gasteiger partial charge in [0, 0.05) is 35.6 Å². The molecular weight excluding hydrogens is 487 g/mol. The van der Waals surface area contributed by atoms with Gasteiger partial charge in [0.2, 0.25) is 27.6 Å². The number of anilines is 1. The van der Waals surface area contributed by atoms with Crippen LogP contribution in [0.3, 0.4) is 0 Å². The first-order valence-corrected chi connectivity index (χ1v) is 12.7. The Kier molecular flexibility index (Phi) is 7.99. The monoisotopic (exact) mass is 510 g/mol. The maximum Gasteiger partial charge on any atom is 0.246 e. The molecule has 11 heteroatoms. The summed E-state index contributed by atoms with van der Waals surface area (Å²) in [6, 6.07) is 12.1. The van der Waals surface area contributed by atoms with E-state index in [1.807, 2.05) is 0 Å². The second-order valence-corrected chi connectivity index (χ2v) is 10.3. The van der Waals surface area contributed by atoms with Crippen LogP contribution in [0.5, 0.6) is 0 Å². The highest BCUT2D eigenvalue weighted by molar-refractivity contribution is 7.92. The smallest absolute Gasteiger partial charge is 0.246 e. The number of benzene rings is 2. The zero-order valence-electron chi connectivity index (χ0n) is 18.5. The van der Waals surface area contributed by atoms with Crippen molar-refractivity contribution in [1.82, 2.24) is 15.0 Å². The van der Waals surface area contributed by atoms with E-state index in [2.05, 4.69) is 10.1 Å². The van der Waals surface area contributed by atoms with Crippen molar-refractivity contribution in [1.29, 1.82) is 0 Å². The first kappa shape index (κ1) is 25.0. The van der Waals surface area contributed by atoms with Crippen LogP contribution in [0.1, 0.15) is 24.3 Å². The van der Waals surface area contributed by atoms with Crippen molar-refractivity contribution in [3.8, 4) is 11.4 Å². The summed E-state index contributed by atoms with van der Waals surface area (Å²) in [6.45, 7) is 2.06. The van der Waals surface area contributed by atoms with Gasteiger partial charge in [0.15, 0.2) is 0 Å². The van der Waals surface area contributed by atoms with Gasteiger partial charge >= 0.3 is 0 Å². The molecule has 0 saturated carbocycles. The van der Waals surface area contributed by atoms with Gasteiger partial charge in [-0.05, 0) is 55.3 Å². The van der Waals surface area contributed by atoms with E-state index in [1.165, 1.54) is 9.21 Å². The lowest BCUT2D eigenvalue weighted by Crippen LogP contribution is -2.33. The van der Waals surface area contributed by atoms with Crippen LogP contribution < -0.4 is 4.31 Å². The van der Waals surface area contributed by atoms with Crippen molar-refractivity contribution < 1.29 is 17.7 Å². The molecule has 1 aromatic heterocycles. The summed E-state index contributed by atoms with van der Waals surface area (Å²) in [6.07, 6.45) is 1.62. The zero-order valence-corrected chi connectivity index (χ0v) is 20.8. The van der Waals surface area contributed by atoms with Gasteiger partial charge in [-0.15, -0.1) is 0 Å². The van der Waals surface area contributed by atoms with E-state index in [9.17, 15) is 13.2 Å². The molecule has 0 saturated heterocycles. The number of sulfonamides is 1. The lowest BCUT2D eigenvalue weighted by atomic mass is 10.2. The molecule has 0 radical (unpaired) electrons. The first-order chi connectivity index (χ1) is 15.6. The number of carbonyl (C=O) groups excluding carboxylic acids is 1. The average Bonchev–Trinajstić information content (AvgIpc) is 3.21. The van der Waals surface area contributed by atoms with Crippen molar-refractivity contribution in [2.24, 2.45) is 0 Å². The van der Waals surface area contributed by atoms with Gasteiger partial charge in [-0.2, -0.15) is 4.98 Å². The van der Waals surface area contributed by atoms with E-state index >= 15 is 0 Å². The molecule has 33 heavy (non-hydrogen) atoms. The van der Waals surface area contributed by atoms with Gasteiger partial charge in [-0.3, -0.25) is 9.10 Å². The Morgan fingerprint density at radius 1 is 1.12 bits per heavy atom. The Hall–Kier alpha value is -2.62. The molecule has 2 aromatic carbocycles. The fourth-order valence-corrected chi connectivity index (χ4v) is 4.53. The second kappa shape index (κ2) is 10.5. The molecule has 3 rings (SSSR count). The van der Waals surface area contributed by atoms with Crippen LogP contribution in [0.25, 0.3) is 11.4 Å². The van der Waals surface area contributed by atoms with Gasteiger partial charge in [0.25, 0.3) is 0 Å². The maximum atomic E-state index is 12.6. The fraction of sp³-hybridized carbons (Fsp3) is 0.318. The number of hydrogen-bond donors (Lipinski definition) is 0. The topological polar surface area (TPSA) is 96.6 Å². The third-order valence-electron chi connectivity index (χ3n) is 5.03. The largest absolute Gasteiger partial charge is 0.337 e. The van der Waals surface area contributed by atoms with Crippen molar-refractivity contribution in [3.05, 3.63) is 64.0 Å². The van der Waals surface area contributed by atoms with Crippen molar-refractivity contribution in [2.75, 3.05) is 24.2 Å². The summed E-state index contributed by atoms with van der Waals surface area (Å²) in [4.78, 5) is 18.4. The lowest BCUT2D eigenvalue weighted by Gasteiger charge is -2.25. The summed E-state index contributed by atoms with van der Waals surface area (Å²) in [5.41, 5.74) is 1.92. The predicted molar refractivity (Wildman–Crippen MR) is 129 cm³/mol. The number of aromatic nitrogens is 2. The third-order valence-corrected chi connectivity index (χ3v) is 6.87. The van der Waals surface area contributed by atoms with Crippen molar-refractivity contribution >= 4 is 44.8 Å². The lowest BCUT2D eigenvalue weighted by molar-refractivity contribution is -0.130. The minimum atomic E-state index is -3.54. The number of rotatable bonds is 9. The van der Waals surface area contributed by atoms with Crippen molar-refractivity contribution in [2.45, 2.75) is 26.3 Å². The van der Waals surface area contributed by atoms with E-state index in [4.69, 9.17) is 27.7 Å². The molecule has 0 aliphatic rings. The maximum absolute atomic E-state index is 12.6. The highest BCUT2D eigenvalue weighted by Crippen LogP contribution is 2.28. The predicted octanol–water partition coefficient (Wildman–Crippen LogP) is 4.56. The molecule has 0 aliphatic carbocycles. The molecule has 1 amide bonds. The van der Waals surface area contributed by atoms with E-state index in [0.29, 0.717) is 39.4 Å². The van der Waals surface area contributed by atoms with Gasteiger partial charge in [-0.1, -0.05) is 34.4 Å². The molecule has 0 unspecified atom stereocenters. The molecule has 0 bridgehead atoms. The van der Waals surface area contributed by atoms with E-state index in [1.54, 1.807) is 56.4 Å². The molecular formula is C22H24Cl2N4O4S. The van der Waals surface area contributed by atoms with Crippen LogP contribution in [0, 0.1) is 6.92 Å². The Morgan fingerprint density at radius 2 is 1.82 bits per heavy atom. The highest BCUT2D eigenvalue weighted by Gasteiger charge is 2.21. The summed E-state index contributed by atoms with van der Waals surface area (Å²) in [5, 5.41) is 5.02. The number of halogens is 2. The number of nitrogens with zero attached hydrogens (tertiary/aromatic N) is 4. The minimum absolute atomic E-state index is 0.141. The molecule has 3 aromatic rings. The molecule has 0 aliphatic heterocycles. The molecule has 0 N–H and O–H groups in total. The Balaban J connectivity index is 1.58. The average molecular weight is 511 g/mol. The highest BCUT2D eigenvalue weighted by atomic mass is 35.5. The minimum Gasteiger partial charge on any atom is -0.337 e. The molecule has 0 spiro atoms. The quantitative estimate of drug-likeness (QED) is 0.418. The molecule has 8 nitrogen and oxygen atoms in total. The van der Waals surface area contributed by atoms with Gasteiger partial charge in [-0.25, -0.2) is 8.42 Å². The van der Waals surface area contributed by atoms with Crippen LogP contribution in [0.4, 0.5) is 5.69 Å². The number of carbonyl (C=O) groups is 1. The van der Waals surface area contributed by atoms with Crippen LogP contribution >= 0.6 is 23.2 Å². The molecule has 0 atom stereocenters. The SMILES string of the molecule is Cc1c(Cl)cccc1N(CCCC(=O)N(C)Cc1nc(-c2ccc(Cl)cc2)no1)S(C)(=O)=O. The Labute approximate surface area is 203 Å². The standard InChI is InChI=1S/C22H24Cl2N4O4S/c1-15-18(24)6-4-7-19(15)28(33(3,30)31)13-5-8-21(29)27(2)14-20-25-22(26-32-20)16-9-11-17(23)12-10-16/h4,6-7,9-12H,5,8,13-14H2,1-3H3. The zero-order chi connectivity index (χ0) is 24.2. The number of hydrogen-bond acceptors (Lipinski definition) is 6. The first-order valence-electron chi connectivity index (χ1n) is 10.1. The normalized spacial score (nSPS) is 11.4. The van der Waals surface area contributed by atoms with Gasteiger partial charge in [0.1, 0.15) is 0 Å². The third kappa shape index (κ3) is 6.46. The van der Waals surface area contributed by atoms with Gasteiger partial charge < -0.3 is 9.42 Å². The van der Waals surface area contributed by atoms with E-state index in [0.717, 1.165) is 11.8 Å². The van der Waals surface area contributed by atoms with Crippen molar-refractivity contribution in [3.63, 3.8) is 0 Å². The van der Waals surface area contributed by atoms with Crippen LogP contribution in [0.15, 0.2) is 47.0 Å². The molecule has 1 heterocycles. The van der Waals surface area contributed by atoms with Gasteiger partial charge in [0.05, 0.1) is 18.5 Å². The van der Waals surface area contributed by atoms with E-state index < -0.39 is 10.0 Å².